The van der Waals surface area contributed by atoms with Crippen LogP contribution in [0.2, 0.25) is 0 Å². The molecule has 26 heavy (non-hydrogen) atoms. The Morgan fingerprint density at radius 3 is 3.04 bits per heavy atom. The van der Waals surface area contributed by atoms with Crippen LogP contribution in [0, 0.1) is 0 Å². The predicted molar refractivity (Wildman–Crippen MR) is 104 cm³/mol. The van der Waals surface area contributed by atoms with E-state index in [1.54, 1.807) is 6.33 Å². The third kappa shape index (κ3) is 3.54. The van der Waals surface area contributed by atoms with Crippen LogP contribution in [-0.2, 0) is 19.4 Å². The second-order valence-corrected chi connectivity index (χ2v) is 6.63. The molecule has 6 heteroatoms. The number of aromatic nitrogens is 3. The lowest BCUT2D eigenvalue weighted by atomic mass is 10.0. The maximum absolute atomic E-state index is 4.37. The van der Waals surface area contributed by atoms with Gasteiger partial charge in [0.2, 0.25) is 0 Å². The fraction of sp³-hybridized carbons (Fsp3) is 0.350. The summed E-state index contributed by atoms with van der Waals surface area (Å²) < 4.78 is 1.98. The third-order valence-electron chi connectivity index (χ3n) is 4.94. The fourth-order valence-corrected chi connectivity index (χ4v) is 3.57. The van der Waals surface area contributed by atoms with Gasteiger partial charge in [-0.2, -0.15) is 5.10 Å². The topological polar surface area (TPSA) is 67.1 Å². The molecular weight excluding hydrogens is 324 g/mol. The molecule has 1 aliphatic rings. The van der Waals surface area contributed by atoms with Gasteiger partial charge in [-0.25, -0.2) is 9.67 Å². The molecule has 2 aromatic carbocycles. The molecule has 4 rings (SSSR count). The van der Waals surface area contributed by atoms with Gasteiger partial charge in [0.05, 0.1) is 6.54 Å². The summed E-state index contributed by atoms with van der Waals surface area (Å²) in [5.74, 6) is 1.92. The van der Waals surface area contributed by atoms with Gasteiger partial charge < -0.3 is 10.6 Å². The lowest BCUT2D eigenvalue weighted by molar-refractivity contribution is 0.393. The monoisotopic (exact) mass is 348 g/mol. The van der Waals surface area contributed by atoms with Gasteiger partial charge in [0, 0.05) is 26.1 Å². The number of rotatable bonds is 4. The zero-order chi connectivity index (χ0) is 17.8. The van der Waals surface area contributed by atoms with Crippen LogP contribution in [-0.4, -0.2) is 40.4 Å². The number of nitrogens with one attached hydrogen (secondary N) is 2. The molecule has 2 N–H and O–H groups in total. The Morgan fingerprint density at radius 2 is 2.12 bits per heavy atom. The van der Waals surface area contributed by atoms with E-state index in [9.17, 15) is 0 Å². The first kappa shape index (κ1) is 16.6. The molecule has 0 saturated carbocycles. The lowest BCUT2D eigenvalue weighted by Crippen LogP contribution is -2.47. The Balaban J connectivity index is 1.33. The van der Waals surface area contributed by atoms with Crippen LogP contribution >= 0.6 is 0 Å². The molecule has 0 amide bonds. The first-order valence-electron chi connectivity index (χ1n) is 9.14. The molecule has 0 bridgehead atoms. The van der Waals surface area contributed by atoms with Crippen molar-refractivity contribution >= 4 is 16.7 Å². The Kier molecular flexibility index (Phi) is 4.82. The normalized spacial score (nSPS) is 17.1. The zero-order valence-electron chi connectivity index (χ0n) is 15.0. The van der Waals surface area contributed by atoms with E-state index >= 15 is 0 Å². The summed E-state index contributed by atoms with van der Waals surface area (Å²) in [6.07, 6.45) is 4.59. The number of nitrogens with zero attached hydrogens (tertiary/aromatic N) is 4. The molecule has 134 valence electrons. The Hall–Kier alpha value is -2.89. The highest BCUT2D eigenvalue weighted by molar-refractivity contribution is 5.85. The number of hydrogen-bond acceptors (Lipinski definition) is 3. The summed E-state index contributed by atoms with van der Waals surface area (Å²) in [5, 5.41) is 13.8. The second kappa shape index (κ2) is 7.56. The minimum atomic E-state index is 0.327. The molecule has 1 atom stereocenters. The van der Waals surface area contributed by atoms with Crippen molar-refractivity contribution < 1.29 is 0 Å². The largest absolute Gasteiger partial charge is 0.356 e. The average Bonchev–Trinajstić information content (AvgIpc) is 3.15. The molecule has 0 saturated heterocycles. The van der Waals surface area contributed by atoms with Gasteiger partial charge in [-0.1, -0.05) is 42.5 Å². The lowest BCUT2D eigenvalue weighted by Gasteiger charge is -2.25. The van der Waals surface area contributed by atoms with Gasteiger partial charge >= 0.3 is 0 Å². The number of fused-ring (bicyclic) bond motifs is 2. The summed E-state index contributed by atoms with van der Waals surface area (Å²) in [6.45, 7) is 1.67. The Bertz CT molecular complexity index is 908. The van der Waals surface area contributed by atoms with Crippen molar-refractivity contribution in [2.75, 3.05) is 13.6 Å². The minimum Gasteiger partial charge on any atom is -0.356 e. The number of guanidine groups is 1. The van der Waals surface area contributed by atoms with Crippen LogP contribution in [0.15, 0.2) is 53.8 Å². The highest BCUT2D eigenvalue weighted by Crippen LogP contribution is 2.18. The van der Waals surface area contributed by atoms with Crippen molar-refractivity contribution in [1.82, 2.24) is 25.4 Å². The van der Waals surface area contributed by atoms with E-state index in [1.165, 1.54) is 16.3 Å². The van der Waals surface area contributed by atoms with Gasteiger partial charge in [-0.3, -0.25) is 4.99 Å². The molecule has 3 aromatic rings. The molecule has 0 aliphatic carbocycles. The number of aryl methyl sites for hydroxylation is 1. The highest BCUT2D eigenvalue weighted by atomic mass is 15.4. The van der Waals surface area contributed by atoms with Crippen molar-refractivity contribution in [3.63, 3.8) is 0 Å². The van der Waals surface area contributed by atoms with Crippen molar-refractivity contribution in [3.8, 4) is 0 Å². The second-order valence-electron chi connectivity index (χ2n) is 6.63. The number of aliphatic imine (C=N–C) groups is 1. The van der Waals surface area contributed by atoms with Crippen LogP contribution in [0.5, 0.6) is 0 Å². The maximum atomic E-state index is 4.37. The summed E-state index contributed by atoms with van der Waals surface area (Å²) >= 11 is 0. The van der Waals surface area contributed by atoms with E-state index in [-0.39, 0.29) is 0 Å². The van der Waals surface area contributed by atoms with Crippen molar-refractivity contribution in [2.45, 2.75) is 31.8 Å². The van der Waals surface area contributed by atoms with Gasteiger partial charge in [0.15, 0.2) is 5.96 Å². The van der Waals surface area contributed by atoms with E-state index in [4.69, 9.17) is 0 Å². The van der Waals surface area contributed by atoms with Crippen molar-refractivity contribution in [3.05, 3.63) is 60.2 Å². The SMILES string of the molecule is CN=C(NCCc1cccc2ccccc12)NC1CCc2ncnn2C1. The van der Waals surface area contributed by atoms with Gasteiger partial charge in [-0.15, -0.1) is 0 Å². The van der Waals surface area contributed by atoms with E-state index in [0.717, 1.165) is 44.1 Å². The van der Waals surface area contributed by atoms with Crippen LogP contribution in [0.3, 0.4) is 0 Å². The molecule has 2 heterocycles. The molecule has 1 aliphatic heterocycles. The minimum absolute atomic E-state index is 0.327. The Labute approximate surface area is 153 Å². The van der Waals surface area contributed by atoms with E-state index < -0.39 is 0 Å². The van der Waals surface area contributed by atoms with Gasteiger partial charge in [0.25, 0.3) is 0 Å². The quantitative estimate of drug-likeness (QED) is 0.560. The predicted octanol–water partition coefficient (Wildman–Crippen LogP) is 2.15. The first-order valence-corrected chi connectivity index (χ1v) is 9.14. The maximum Gasteiger partial charge on any atom is 0.191 e. The van der Waals surface area contributed by atoms with E-state index in [0.29, 0.717) is 6.04 Å². The van der Waals surface area contributed by atoms with Crippen molar-refractivity contribution in [1.29, 1.82) is 0 Å². The van der Waals surface area contributed by atoms with Crippen LogP contribution in [0.25, 0.3) is 10.8 Å². The van der Waals surface area contributed by atoms with Gasteiger partial charge in [-0.05, 0) is 29.2 Å². The van der Waals surface area contributed by atoms with Crippen LogP contribution in [0.1, 0.15) is 17.8 Å². The zero-order valence-corrected chi connectivity index (χ0v) is 15.0. The highest BCUT2D eigenvalue weighted by Gasteiger charge is 2.20. The fourth-order valence-electron chi connectivity index (χ4n) is 3.57. The summed E-state index contributed by atoms with van der Waals surface area (Å²) in [4.78, 5) is 8.65. The van der Waals surface area contributed by atoms with Crippen LogP contribution < -0.4 is 10.6 Å². The van der Waals surface area contributed by atoms with Crippen LogP contribution in [0.4, 0.5) is 0 Å². The molecule has 0 fully saturated rings. The average molecular weight is 348 g/mol. The third-order valence-corrected chi connectivity index (χ3v) is 4.94. The molecule has 1 aromatic heterocycles. The molecular formula is C20H24N6. The van der Waals surface area contributed by atoms with Crippen molar-refractivity contribution in [2.24, 2.45) is 4.99 Å². The number of benzene rings is 2. The molecule has 0 radical (unpaired) electrons. The summed E-state index contributed by atoms with van der Waals surface area (Å²) in [7, 11) is 1.82. The first-order chi connectivity index (χ1) is 12.8. The smallest absolute Gasteiger partial charge is 0.191 e. The summed E-state index contributed by atoms with van der Waals surface area (Å²) in [5.41, 5.74) is 1.36. The molecule has 6 nitrogen and oxygen atoms in total. The summed E-state index contributed by atoms with van der Waals surface area (Å²) in [6, 6.07) is 15.4. The van der Waals surface area contributed by atoms with E-state index in [1.807, 2.05) is 11.7 Å². The van der Waals surface area contributed by atoms with Gasteiger partial charge in [0.1, 0.15) is 12.2 Å². The Morgan fingerprint density at radius 1 is 1.23 bits per heavy atom. The number of hydrogen-bond donors (Lipinski definition) is 2. The standard InChI is InChI=1S/C20H24N6/c1-21-20(25-17-9-10-19-23-14-24-26(19)13-17)22-12-11-16-7-4-6-15-5-2-3-8-18(15)16/h2-8,14,17H,9-13H2,1H3,(H2,21,22,25). The molecule has 1 unspecified atom stereocenters. The molecule has 0 spiro atoms. The van der Waals surface area contributed by atoms with E-state index in [2.05, 4.69) is 68.2 Å².